The molecule has 2 rings (SSSR count). The molecule has 0 saturated carbocycles. The summed E-state index contributed by atoms with van der Waals surface area (Å²) in [5.41, 5.74) is 7.75. The van der Waals surface area contributed by atoms with Crippen molar-refractivity contribution in [2.24, 2.45) is 5.73 Å². The van der Waals surface area contributed by atoms with Gasteiger partial charge in [0.1, 0.15) is 0 Å². The Labute approximate surface area is 131 Å². The van der Waals surface area contributed by atoms with Crippen LogP contribution in [0.25, 0.3) is 0 Å². The summed E-state index contributed by atoms with van der Waals surface area (Å²) in [6.07, 6.45) is 1.48. The van der Waals surface area contributed by atoms with Crippen LogP contribution >= 0.6 is 12.4 Å². The van der Waals surface area contributed by atoms with E-state index in [0.717, 1.165) is 0 Å². The molecule has 0 atom stereocenters. The van der Waals surface area contributed by atoms with Crippen molar-refractivity contribution < 1.29 is 9.59 Å². The molecule has 0 bridgehead atoms. The van der Waals surface area contributed by atoms with E-state index in [1.54, 1.807) is 0 Å². The monoisotopic (exact) mass is 311 g/mol. The molecule has 21 heavy (non-hydrogen) atoms. The van der Waals surface area contributed by atoms with Crippen molar-refractivity contribution in [1.29, 1.82) is 0 Å². The van der Waals surface area contributed by atoms with Gasteiger partial charge in [-0.1, -0.05) is 24.3 Å². The number of hydrogen-bond donors (Lipinski definition) is 2. The molecule has 0 radical (unpaired) electrons. The van der Waals surface area contributed by atoms with Crippen LogP contribution in [0.1, 0.15) is 30.4 Å². The lowest BCUT2D eigenvalue weighted by Crippen LogP contribution is -2.29. The Bertz CT molecular complexity index is 469. The predicted octanol–water partition coefficient (Wildman–Crippen LogP) is 1.20. The Morgan fingerprint density at radius 2 is 1.76 bits per heavy atom. The number of amides is 2. The van der Waals surface area contributed by atoms with Gasteiger partial charge in [0, 0.05) is 39.0 Å². The number of rotatable bonds is 6. The summed E-state index contributed by atoms with van der Waals surface area (Å²) in [6, 6.07) is 8.13. The van der Waals surface area contributed by atoms with Crippen LogP contribution in [0.4, 0.5) is 0 Å². The number of benzene rings is 1. The number of carbonyl (C=O) groups is 2. The Kier molecular flexibility index (Phi) is 7.19. The highest BCUT2D eigenvalue weighted by atomic mass is 35.5. The minimum absolute atomic E-state index is 0. The first-order chi connectivity index (χ1) is 9.70. The van der Waals surface area contributed by atoms with Crippen molar-refractivity contribution in [3.8, 4) is 0 Å². The quantitative estimate of drug-likeness (QED) is 0.775. The van der Waals surface area contributed by atoms with E-state index < -0.39 is 0 Å². The second-order valence-corrected chi connectivity index (χ2v) is 5.01. The number of nitrogens with two attached hydrogens (primary N) is 1. The van der Waals surface area contributed by atoms with Gasteiger partial charge >= 0.3 is 0 Å². The van der Waals surface area contributed by atoms with Crippen molar-refractivity contribution in [2.45, 2.75) is 32.4 Å². The van der Waals surface area contributed by atoms with Crippen LogP contribution in [-0.2, 0) is 22.7 Å². The third-order valence-electron chi connectivity index (χ3n) is 3.45. The Morgan fingerprint density at radius 1 is 1.14 bits per heavy atom. The fourth-order valence-corrected chi connectivity index (χ4v) is 2.35. The van der Waals surface area contributed by atoms with Gasteiger partial charge in [-0.25, -0.2) is 0 Å². The molecule has 1 heterocycles. The first kappa shape index (κ1) is 17.5. The average Bonchev–Trinajstić information content (AvgIpc) is 2.87. The second kappa shape index (κ2) is 8.64. The van der Waals surface area contributed by atoms with Gasteiger partial charge in [-0.3, -0.25) is 9.59 Å². The van der Waals surface area contributed by atoms with Crippen LogP contribution in [0.15, 0.2) is 24.3 Å². The van der Waals surface area contributed by atoms with Crippen molar-refractivity contribution in [3.05, 3.63) is 35.4 Å². The fourth-order valence-electron chi connectivity index (χ4n) is 2.35. The minimum Gasteiger partial charge on any atom is -0.356 e. The Morgan fingerprint density at radius 3 is 2.33 bits per heavy atom. The zero-order valence-electron chi connectivity index (χ0n) is 12.0. The van der Waals surface area contributed by atoms with Gasteiger partial charge < -0.3 is 16.0 Å². The molecule has 1 aliphatic rings. The van der Waals surface area contributed by atoms with Crippen molar-refractivity contribution in [2.75, 3.05) is 13.1 Å². The van der Waals surface area contributed by atoms with Gasteiger partial charge in [-0.05, 0) is 17.5 Å². The van der Waals surface area contributed by atoms with E-state index in [2.05, 4.69) is 17.4 Å². The van der Waals surface area contributed by atoms with E-state index in [-0.39, 0.29) is 24.2 Å². The van der Waals surface area contributed by atoms with Crippen LogP contribution in [0.2, 0.25) is 0 Å². The first-order valence-corrected chi connectivity index (χ1v) is 7.02. The van der Waals surface area contributed by atoms with Gasteiger partial charge in [-0.15, -0.1) is 12.4 Å². The number of halogens is 1. The van der Waals surface area contributed by atoms with E-state index in [9.17, 15) is 9.59 Å². The molecule has 0 saturated heterocycles. The number of fused-ring (bicyclic) bond motifs is 1. The summed E-state index contributed by atoms with van der Waals surface area (Å²) >= 11 is 0. The maximum Gasteiger partial charge on any atom is 0.223 e. The number of carbonyl (C=O) groups excluding carboxylic acids is 2. The smallest absolute Gasteiger partial charge is 0.223 e. The van der Waals surface area contributed by atoms with Crippen molar-refractivity contribution in [1.82, 2.24) is 10.2 Å². The largest absolute Gasteiger partial charge is 0.356 e. The molecule has 6 heteroatoms. The van der Waals surface area contributed by atoms with Crippen molar-refractivity contribution >= 4 is 24.2 Å². The van der Waals surface area contributed by atoms with Crippen LogP contribution < -0.4 is 11.1 Å². The molecule has 116 valence electrons. The van der Waals surface area contributed by atoms with E-state index in [0.29, 0.717) is 45.4 Å². The summed E-state index contributed by atoms with van der Waals surface area (Å²) in [5.74, 6) is 0.0998. The SMILES string of the molecule is Cl.NCCC(=O)NCCCC(=O)N1Cc2ccccc2C1. The molecule has 0 aromatic heterocycles. The molecule has 5 nitrogen and oxygen atoms in total. The third kappa shape index (κ3) is 5.02. The maximum absolute atomic E-state index is 12.1. The highest BCUT2D eigenvalue weighted by Crippen LogP contribution is 2.22. The number of hydrogen-bond acceptors (Lipinski definition) is 3. The lowest BCUT2D eigenvalue weighted by atomic mass is 10.1. The highest BCUT2D eigenvalue weighted by molar-refractivity contribution is 5.85. The normalized spacial score (nSPS) is 12.5. The van der Waals surface area contributed by atoms with Gasteiger partial charge in [0.05, 0.1) is 0 Å². The van der Waals surface area contributed by atoms with Gasteiger partial charge in [0.2, 0.25) is 11.8 Å². The zero-order chi connectivity index (χ0) is 14.4. The van der Waals surface area contributed by atoms with Crippen LogP contribution in [0, 0.1) is 0 Å². The molecule has 3 N–H and O–H groups in total. The van der Waals surface area contributed by atoms with E-state index >= 15 is 0 Å². The van der Waals surface area contributed by atoms with Gasteiger partial charge in [-0.2, -0.15) is 0 Å². The predicted molar refractivity (Wildman–Crippen MR) is 83.9 cm³/mol. The second-order valence-electron chi connectivity index (χ2n) is 5.01. The standard InChI is InChI=1S/C15H21N3O2.ClH/c16-8-7-14(19)17-9-3-6-15(20)18-10-12-4-1-2-5-13(12)11-18;/h1-2,4-5H,3,6-11,16H2,(H,17,19);1H. The van der Waals surface area contributed by atoms with Crippen LogP contribution in [0.5, 0.6) is 0 Å². The van der Waals surface area contributed by atoms with E-state index in [1.807, 2.05) is 17.0 Å². The molecular formula is C15H22ClN3O2. The first-order valence-electron chi connectivity index (χ1n) is 7.02. The maximum atomic E-state index is 12.1. The number of nitrogens with zero attached hydrogens (tertiary/aromatic N) is 1. The topological polar surface area (TPSA) is 75.4 Å². The fraction of sp³-hybridized carbons (Fsp3) is 0.467. The number of nitrogens with one attached hydrogen (secondary N) is 1. The molecule has 1 aliphatic heterocycles. The van der Waals surface area contributed by atoms with Crippen molar-refractivity contribution in [3.63, 3.8) is 0 Å². The van der Waals surface area contributed by atoms with Crippen LogP contribution in [-0.4, -0.2) is 29.8 Å². The summed E-state index contributed by atoms with van der Waals surface area (Å²) in [5, 5.41) is 2.76. The van der Waals surface area contributed by atoms with E-state index in [1.165, 1.54) is 11.1 Å². The molecule has 0 spiro atoms. The zero-order valence-corrected chi connectivity index (χ0v) is 12.8. The molecule has 0 fully saturated rings. The lowest BCUT2D eigenvalue weighted by Gasteiger charge is -2.15. The average molecular weight is 312 g/mol. The van der Waals surface area contributed by atoms with Gasteiger partial charge in [0.25, 0.3) is 0 Å². The van der Waals surface area contributed by atoms with E-state index in [4.69, 9.17) is 5.73 Å². The lowest BCUT2D eigenvalue weighted by molar-refractivity contribution is -0.132. The molecule has 1 aromatic carbocycles. The Hall–Kier alpha value is -1.59. The summed E-state index contributed by atoms with van der Waals surface area (Å²) < 4.78 is 0. The highest BCUT2D eigenvalue weighted by Gasteiger charge is 2.22. The summed E-state index contributed by atoms with van der Waals surface area (Å²) in [7, 11) is 0. The summed E-state index contributed by atoms with van der Waals surface area (Å²) in [6.45, 7) is 2.30. The molecule has 2 amide bonds. The minimum atomic E-state index is -0.0477. The Balaban J connectivity index is 0.00000220. The molecule has 0 aliphatic carbocycles. The third-order valence-corrected chi connectivity index (χ3v) is 3.45. The van der Waals surface area contributed by atoms with Gasteiger partial charge in [0.15, 0.2) is 0 Å². The summed E-state index contributed by atoms with van der Waals surface area (Å²) in [4.78, 5) is 25.2. The van der Waals surface area contributed by atoms with Crippen LogP contribution in [0.3, 0.4) is 0 Å². The molecule has 0 unspecified atom stereocenters. The molecule has 1 aromatic rings. The molecular weight excluding hydrogens is 290 g/mol.